The van der Waals surface area contributed by atoms with Crippen molar-refractivity contribution in [3.8, 4) is 11.5 Å². The lowest BCUT2D eigenvalue weighted by atomic mass is 10.1. The number of rotatable bonds is 10. The van der Waals surface area contributed by atoms with Crippen LogP contribution >= 0.6 is 23.2 Å². The Morgan fingerprint density at radius 3 is 2.19 bits per heavy atom. The number of hydrogen-bond acceptors (Lipinski definition) is 4. The normalized spacial score (nSPS) is 10.7. The van der Waals surface area contributed by atoms with Crippen molar-refractivity contribution < 1.29 is 19.4 Å². The quantitative estimate of drug-likeness (QED) is 0.391. The van der Waals surface area contributed by atoms with E-state index in [4.69, 9.17) is 37.8 Å². The highest BCUT2D eigenvalue weighted by Crippen LogP contribution is 2.34. The molecule has 3 rings (SSSR count). The first-order valence-corrected chi connectivity index (χ1v) is 10.6. The molecule has 5 nitrogen and oxygen atoms in total. The lowest BCUT2D eigenvalue weighted by molar-refractivity contribution is 0.0697. The number of ether oxygens (including phenoxy) is 2. The zero-order chi connectivity index (χ0) is 22.2. The number of halogens is 2. The Morgan fingerprint density at radius 2 is 1.55 bits per heavy atom. The smallest absolute Gasteiger partial charge is 0.335 e. The molecule has 0 aliphatic carbocycles. The zero-order valence-corrected chi connectivity index (χ0v) is 18.5. The maximum absolute atomic E-state index is 10.9. The summed E-state index contributed by atoms with van der Waals surface area (Å²) in [4.78, 5) is 10.9. The van der Waals surface area contributed by atoms with E-state index in [1.165, 1.54) is 0 Å². The molecule has 0 radical (unpaired) electrons. The summed E-state index contributed by atoms with van der Waals surface area (Å²) in [5.41, 5.74) is 3.12. The van der Waals surface area contributed by atoms with Gasteiger partial charge in [0.1, 0.15) is 6.61 Å². The van der Waals surface area contributed by atoms with Crippen molar-refractivity contribution in [1.82, 2.24) is 5.32 Å². The third-order valence-corrected chi connectivity index (χ3v) is 5.17. The van der Waals surface area contributed by atoms with Gasteiger partial charge in [0.2, 0.25) is 0 Å². The molecule has 0 saturated carbocycles. The Morgan fingerprint density at radius 1 is 0.903 bits per heavy atom. The van der Waals surface area contributed by atoms with E-state index < -0.39 is 5.97 Å². The van der Waals surface area contributed by atoms with Gasteiger partial charge in [-0.2, -0.15) is 0 Å². The highest BCUT2D eigenvalue weighted by Gasteiger charge is 2.12. The van der Waals surface area contributed by atoms with Crippen LogP contribution in [0, 0.1) is 0 Å². The first-order valence-electron chi connectivity index (χ1n) is 9.81. The fourth-order valence-electron chi connectivity index (χ4n) is 2.94. The summed E-state index contributed by atoms with van der Waals surface area (Å²) in [7, 11) is 0. The number of carbonyl (C=O) groups is 1. The molecule has 0 fully saturated rings. The Kier molecular flexibility index (Phi) is 8.18. The molecule has 162 valence electrons. The van der Waals surface area contributed by atoms with Gasteiger partial charge in [0.15, 0.2) is 11.5 Å². The van der Waals surface area contributed by atoms with Crippen molar-refractivity contribution in [2.24, 2.45) is 0 Å². The summed E-state index contributed by atoms with van der Waals surface area (Å²) in [6.45, 7) is 3.89. The molecule has 0 bridgehead atoms. The van der Waals surface area contributed by atoms with Crippen molar-refractivity contribution in [3.05, 3.63) is 93.0 Å². The van der Waals surface area contributed by atoms with Gasteiger partial charge in [0.25, 0.3) is 0 Å². The lowest BCUT2D eigenvalue weighted by Crippen LogP contribution is -2.13. The van der Waals surface area contributed by atoms with Crippen molar-refractivity contribution in [2.75, 3.05) is 6.61 Å². The first-order chi connectivity index (χ1) is 15.0. The summed E-state index contributed by atoms with van der Waals surface area (Å²) >= 11 is 12.4. The minimum absolute atomic E-state index is 0.266. The summed E-state index contributed by atoms with van der Waals surface area (Å²) in [5.74, 6) is 0.270. The van der Waals surface area contributed by atoms with Crippen molar-refractivity contribution in [3.63, 3.8) is 0 Å². The van der Waals surface area contributed by atoms with E-state index >= 15 is 0 Å². The van der Waals surface area contributed by atoms with E-state index in [0.29, 0.717) is 47.8 Å². The Labute approximate surface area is 191 Å². The topological polar surface area (TPSA) is 67.8 Å². The number of aromatic carboxylic acids is 1. The maximum Gasteiger partial charge on any atom is 0.335 e. The third kappa shape index (κ3) is 6.62. The van der Waals surface area contributed by atoms with Gasteiger partial charge in [-0.1, -0.05) is 47.5 Å². The molecule has 2 N–H and O–H groups in total. The van der Waals surface area contributed by atoms with E-state index in [1.807, 2.05) is 37.3 Å². The van der Waals surface area contributed by atoms with Gasteiger partial charge < -0.3 is 19.9 Å². The summed E-state index contributed by atoms with van der Waals surface area (Å²) < 4.78 is 11.7. The molecule has 31 heavy (non-hydrogen) atoms. The van der Waals surface area contributed by atoms with E-state index in [1.54, 1.807) is 30.3 Å². The Balaban J connectivity index is 1.64. The van der Waals surface area contributed by atoms with Crippen LogP contribution in [-0.2, 0) is 19.7 Å². The van der Waals surface area contributed by atoms with Gasteiger partial charge in [0, 0.05) is 29.2 Å². The molecule has 0 amide bonds. The fourth-order valence-corrected chi connectivity index (χ4v) is 3.29. The van der Waals surface area contributed by atoms with Crippen LogP contribution in [0.4, 0.5) is 0 Å². The highest BCUT2D eigenvalue weighted by atomic mass is 35.5. The van der Waals surface area contributed by atoms with Gasteiger partial charge in [-0.05, 0) is 53.9 Å². The van der Waals surface area contributed by atoms with E-state index in [0.717, 1.165) is 16.7 Å². The predicted molar refractivity (Wildman–Crippen MR) is 122 cm³/mol. The molecule has 0 spiro atoms. The highest BCUT2D eigenvalue weighted by molar-refractivity contribution is 6.31. The molecule has 3 aromatic rings. The number of carboxylic acid groups (broad SMARTS) is 1. The molecule has 0 aliphatic rings. The second-order valence-corrected chi connectivity index (χ2v) is 7.69. The van der Waals surface area contributed by atoms with Crippen LogP contribution in [0.3, 0.4) is 0 Å². The van der Waals surface area contributed by atoms with Crippen LogP contribution in [0.15, 0.2) is 60.7 Å². The van der Waals surface area contributed by atoms with Crippen molar-refractivity contribution in [1.29, 1.82) is 0 Å². The van der Waals surface area contributed by atoms with Crippen molar-refractivity contribution in [2.45, 2.75) is 26.6 Å². The molecule has 0 unspecified atom stereocenters. The SMILES string of the molecule is CCOc1cc(CNCc2ccc(C(=O)O)cc2)c(Cl)cc1OCc1ccc(Cl)cc1. The molecule has 0 aliphatic heterocycles. The summed E-state index contributed by atoms with van der Waals surface area (Å²) in [5, 5.41) is 13.5. The molecule has 0 saturated heterocycles. The minimum atomic E-state index is -0.937. The van der Waals surface area contributed by atoms with Crippen LogP contribution in [0.1, 0.15) is 34.0 Å². The van der Waals surface area contributed by atoms with E-state index in [9.17, 15) is 4.79 Å². The van der Waals surface area contributed by atoms with Crippen LogP contribution in [-0.4, -0.2) is 17.7 Å². The largest absolute Gasteiger partial charge is 0.490 e. The third-order valence-electron chi connectivity index (χ3n) is 4.57. The second kappa shape index (κ2) is 11.0. The van der Waals surface area contributed by atoms with Crippen LogP contribution in [0.2, 0.25) is 10.0 Å². The summed E-state index contributed by atoms with van der Waals surface area (Å²) in [6.07, 6.45) is 0. The Bertz CT molecular complexity index is 1020. The molecular formula is C24H23Cl2NO4. The number of benzene rings is 3. The minimum Gasteiger partial charge on any atom is -0.490 e. The number of hydrogen-bond donors (Lipinski definition) is 2. The number of nitrogens with one attached hydrogen (secondary N) is 1. The molecule has 0 atom stereocenters. The first kappa shape index (κ1) is 22.9. The standard InChI is InChI=1S/C24H23Cl2NO4/c1-2-30-22-11-19(14-27-13-16-3-7-18(8-4-16)24(28)29)21(26)12-23(22)31-15-17-5-9-20(25)10-6-17/h3-12,27H,2,13-15H2,1H3,(H,28,29). The fraction of sp³-hybridized carbons (Fsp3) is 0.208. The van der Waals surface area contributed by atoms with E-state index in [-0.39, 0.29) is 5.56 Å². The average Bonchev–Trinajstić information content (AvgIpc) is 2.76. The van der Waals surface area contributed by atoms with Gasteiger partial charge >= 0.3 is 5.97 Å². The van der Waals surface area contributed by atoms with Gasteiger partial charge in [-0.15, -0.1) is 0 Å². The number of carboxylic acids is 1. The van der Waals surface area contributed by atoms with Gasteiger partial charge in [-0.3, -0.25) is 0 Å². The lowest BCUT2D eigenvalue weighted by Gasteiger charge is -2.15. The molecular weight excluding hydrogens is 437 g/mol. The molecule has 0 aromatic heterocycles. The average molecular weight is 460 g/mol. The molecule has 3 aromatic carbocycles. The molecule has 7 heteroatoms. The van der Waals surface area contributed by atoms with Gasteiger partial charge in [-0.25, -0.2) is 4.79 Å². The van der Waals surface area contributed by atoms with Crippen LogP contribution in [0.25, 0.3) is 0 Å². The Hall–Kier alpha value is -2.73. The monoisotopic (exact) mass is 459 g/mol. The van der Waals surface area contributed by atoms with Crippen LogP contribution < -0.4 is 14.8 Å². The molecule has 0 heterocycles. The second-order valence-electron chi connectivity index (χ2n) is 6.84. The maximum atomic E-state index is 10.9. The predicted octanol–water partition coefficient (Wildman–Crippen LogP) is 5.96. The van der Waals surface area contributed by atoms with Crippen molar-refractivity contribution >= 4 is 29.2 Å². The van der Waals surface area contributed by atoms with Gasteiger partial charge in [0.05, 0.1) is 12.2 Å². The van der Waals surface area contributed by atoms with Crippen LogP contribution in [0.5, 0.6) is 11.5 Å². The van der Waals surface area contributed by atoms with E-state index in [2.05, 4.69) is 5.32 Å². The zero-order valence-electron chi connectivity index (χ0n) is 17.0. The summed E-state index contributed by atoms with van der Waals surface area (Å²) in [6, 6.07) is 17.9.